The molecule has 0 fully saturated rings. The monoisotopic (exact) mass is 268 g/mol. The summed E-state index contributed by atoms with van der Waals surface area (Å²) in [6.45, 7) is 2.20. The molecule has 100 valence electrons. The SMILES string of the molecule is Cc1ccnc(NCc2cccc([N+](=O)[O-])c2)c1C#N. The number of nitro benzene ring substituents is 1. The Balaban J connectivity index is 2.17. The third kappa shape index (κ3) is 2.90. The number of non-ortho nitro benzene ring substituents is 1. The predicted octanol–water partition coefficient (Wildman–Crippen LogP) is 2.78. The first-order valence-corrected chi connectivity index (χ1v) is 5.94. The minimum atomic E-state index is -0.435. The summed E-state index contributed by atoms with van der Waals surface area (Å²) in [4.78, 5) is 14.4. The Morgan fingerprint density at radius 3 is 2.95 bits per heavy atom. The minimum absolute atomic E-state index is 0.0435. The van der Waals surface area contributed by atoms with Crippen molar-refractivity contribution in [2.45, 2.75) is 13.5 Å². The number of rotatable bonds is 4. The topological polar surface area (TPSA) is 91.8 Å². The Kier molecular flexibility index (Phi) is 3.91. The van der Waals surface area contributed by atoms with Gasteiger partial charge in [0.25, 0.3) is 5.69 Å². The molecule has 0 atom stereocenters. The van der Waals surface area contributed by atoms with Gasteiger partial charge in [-0.25, -0.2) is 4.98 Å². The van der Waals surface area contributed by atoms with E-state index in [9.17, 15) is 10.1 Å². The number of aromatic nitrogens is 1. The van der Waals surface area contributed by atoms with Crippen LogP contribution in [0.4, 0.5) is 11.5 Å². The summed E-state index contributed by atoms with van der Waals surface area (Å²) in [7, 11) is 0. The van der Waals surface area contributed by atoms with Crippen LogP contribution in [0, 0.1) is 28.4 Å². The molecule has 0 aliphatic carbocycles. The molecule has 0 aliphatic rings. The lowest BCUT2D eigenvalue weighted by Crippen LogP contribution is -2.04. The van der Waals surface area contributed by atoms with Crippen LogP contribution >= 0.6 is 0 Å². The van der Waals surface area contributed by atoms with Crippen LogP contribution in [0.3, 0.4) is 0 Å². The second-order valence-electron chi connectivity index (χ2n) is 4.24. The molecule has 0 saturated carbocycles. The summed E-state index contributed by atoms with van der Waals surface area (Å²) in [5.41, 5.74) is 2.12. The van der Waals surface area contributed by atoms with E-state index in [1.807, 2.05) is 6.92 Å². The molecule has 1 aromatic carbocycles. The highest BCUT2D eigenvalue weighted by Crippen LogP contribution is 2.18. The summed E-state index contributed by atoms with van der Waals surface area (Å²) in [5.74, 6) is 0.485. The maximum absolute atomic E-state index is 10.7. The van der Waals surface area contributed by atoms with Gasteiger partial charge in [-0.15, -0.1) is 0 Å². The van der Waals surface area contributed by atoms with Crippen LogP contribution in [0.15, 0.2) is 36.5 Å². The van der Waals surface area contributed by atoms with Crippen LogP contribution in [0.25, 0.3) is 0 Å². The van der Waals surface area contributed by atoms with Gasteiger partial charge in [0.1, 0.15) is 11.9 Å². The molecule has 0 spiro atoms. The van der Waals surface area contributed by atoms with Crippen LogP contribution in [0.1, 0.15) is 16.7 Å². The lowest BCUT2D eigenvalue weighted by Gasteiger charge is -2.08. The van der Waals surface area contributed by atoms with Crippen LogP contribution in [-0.2, 0) is 6.54 Å². The van der Waals surface area contributed by atoms with E-state index < -0.39 is 4.92 Å². The third-order valence-electron chi connectivity index (χ3n) is 2.85. The maximum Gasteiger partial charge on any atom is 0.269 e. The standard InChI is InChI=1S/C14H12N4O2/c1-10-5-6-16-14(13(10)8-15)17-9-11-3-2-4-12(7-11)18(19)20/h2-7H,9H2,1H3,(H,16,17). The molecule has 6 nitrogen and oxygen atoms in total. The number of nitriles is 1. The van der Waals surface area contributed by atoms with Crippen molar-refractivity contribution in [2.24, 2.45) is 0 Å². The molecule has 0 aliphatic heterocycles. The molecule has 1 heterocycles. The van der Waals surface area contributed by atoms with Crippen LogP contribution in [0.2, 0.25) is 0 Å². The van der Waals surface area contributed by atoms with Gasteiger partial charge in [-0.3, -0.25) is 10.1 Å². The number of nitrogens with one attached hydrogen (secondary N) is 1. The van der Waals surface area contributed by atoms with Crippen molar-refractivity contribution in [3.63, 3.8) is 0 Å². The van der Waals surface area contributed by atoms with Gasteiger partial charge in [0.15, 0.2) is 0 Å². The highest BCUT2D eigenvalue weighted by molar-refractivity contribution is 5.55. The Morgan fingerprint density at radius 2 is 2.25 bits per heavy atom. The fraction of sp³-hybridized carbons (Fsp3) is 0.143. The molecule has 0 radical (unpaired) electrons. The summed E-state index contributed by atoms with van der Waals surface area (Å²) >= 11 is 0. The van der Waals surface area contributed by atoms with Crippen molar-refractivity contribution in [1.82, 2.24) is 4.98 Å². The Morgan fingerprint density at radius 1 is 1.45 bits per heavy atom. The zero-order valence-corrected chi connectivity index (χ0v) is 10.8. The average molecular weight is 268 g/mol. The van der Waals surface area contributed by atoms with Crippen molar-refractivity contribution in [2.75, 3.05) is 5.32 Å². The van der Waals surface area contributed by atoms with Crippen LogP contribution in [-0.4, -0.2) is 9.91 Å². The maximum atomic E-state index is 10.7. The molecular weight excluding hydrogens is 256 g/mol. The fourth-order valence-electron chi connectivity index (χ4n) is 1.80. The predicted molar refractivity (Wildman–Crippen MR) is 74.1 cm³/mol. The molecule has 6 heteroatoms. The van der Waals surface area contributed by atoms with E-state index >= 15 is 0 Å². The van der Waals surface area contributed by atoms with E-state index in [-0.39, 0.29) is 5.69 Å². The normalized spacial score (nSPS) is 9.80. The third-order valence-corrected chi connectivity index (χ3v) is 2.85. The lowest BCUT2D eigenvalue weighted by molar-refractivity contribution is -0.384. The van der Waals surface area contributed by atoms with Crippen LogP contribution in [0.5, 0.6) is 0 Å². The van der Waals surface area contributed by atoms with Gasteiger partial charge < -0.3 is 5.32 Å². The molecule has 2 aromatic rings. The van der Waals surface area contributed by atoms with E-state index in [1.54, 1.807) is 24.4 Å². The van der Waals surface area contributed by atoms with E-state index in [2.05, 4.69) is 16.4 Å². The zero-order chi connectivity index (χ0) is 14.5. The highest BCUT2D eigenvalue weighted by Gasteiger charge is 2.08. The molecule has 0 unspecified atom stereocenters. The van der Waals surface area contributed by atoms with Crippen molar-refractivity contribution < 1.29 is 4.92 Å². The smallest absolute Gasteiger partial charge is 0.269 e. The first-order valence-electron chi connectivity index (χ1n) is 5.94. The van der Waals surface area contributed by atoms with Gasteiger partial charge in [-0.1, -0.05) is 12.1 Å². The lowest BCUT2D eigenvalue weighted by atomic mass is 10.1. The number of aryl methyl sites for hydroxylation is 1. The van der Waals surface area contributed by atoms with Gasteiger partial charge in [0, 0.05) is 24.9 Å². The largest absolute Gasteiger partial charge is 0.365 e. The second-order valence-corrected chi connectivity index (χ2v) is 4.24. The van der Waals surface area contributed by atoms with Gasteiger partial charge in [0.05, 0.1) is 10.5 Å². The van der Waals surface area contributed by atoms with E-state index in [0.717, 1.165) is 11.1 Å². The van der Waals surface area contributed by atoms with Crippen LogP contribution < -0.4 is 5.32 Å². The zero-order valence-electron chi connectivity index (χ0n) is 10.8. The molecule has 0 saturated heterocycles. The van der Waals surface area contributed by atoms with Crippen molar-refractivity contribution in [1.29, 1.82) is 5.26 Å². The number of hydrogen-bond donors (Lipinski definition) is 1. The number of hydrogen-bond acceptors (Lipinski definition) is 5. The molecule has 1 aromatic heterocycles. The van der Waals surface area contributed by atoms with E-state index in [1.165, 1.54) is 12.1 Å². The molecular formula is C14H12N4O2. The first kappa shape index (κ1) is 13.5. The summed E-state index contributed by atoms with van der Waals surface area (Å²) in [5, 5.41) is 22.8. The number of nitrogens with zero attached hydrogens (tertiary/aromatic N) is 3. The van der Waals surface area contributed by atoms with E-state index in [4.69, 9.17) is 5.26 Å². The minimum Gasteiger partial charge on any atom is -0.365 e. The molecule has 1 N–H and O–H groups in total. The van der Waals surface area contributed by atoms with Gasteiger partial charge in [-0.2, -0.15) is 5.26 Å². The molecule has 2 rings (SSSR count). The fourth-order valence-corrected chi connectivity index (χ4v) is 1.80. The van der Waals surface area contributed by atoms with Gasteiger partial charge in [0.2, 0.25) is 0 Å². The highest BCUT2D eigenvalue weighted by atomic mass is 16.6. The molecule has 0 amide bonds. The number of pyridine rings is 1. The number of benzene rings is 1. The van der Waals surface area contributed by atoms with Crippen molar-refractivity contribution in [3.05, 3.63) is 63.3 Å². The Bertz CT molecular complexity index is 692. The Hall–Kier alpha value is -2.94. The molecule has 20 heavy (non-hydrogen) atoms. The van der Waals surface area contributed by atoms with Crippen molar-refractivity contribution in [3.8, 4) is 6.07 Å². The molecule has 0 bridgehead atoms. The van der Waals surface area contributed by atoms with Gasteiger partial charge >= 0.3 is 0 Å². The summed E-state index contributed by atoms with van der Waals surface area (Å²) < 4.78 is 0. The average Bonchev–Trinajstić information content (AvgIpc) is 2.45. The number of nitro groups is 1. The van der Waals surface area contributed by atoms with E-state index in [0.29, 0.717) is 17.9 Å². The summed E-state index contributed by atoms with van der Waals surface area (Å²) in [6, 6.07) is 10.2. The quantitative estimate of drug-likeness (QED) is 0.680. The number of anilines is 1. The van der Waals surface area contributed by atoms with Crippen molar-refractivity contribution >= 4 is 11.5 Å². The second kappa shape index (κ2) is 5.80. The van der Waals surface area contributed by atoms with Gasteiger partial charge in [-0.05, 0) is 24.1 Å². The first-order chi connectivity index (χ1) is 9.61. The summed E-state index contributed by atoms with van der Waals surface area (Å²) in [6.07, 6.45) is 1.62. The Labute approximate surface area is 115 Å².